The van der Waals surface area contributed by atoms with Crippen molar-refractivity contribution in [3.8, 4) is 0 Å². The summed E-state index contributed by atoms with van der Waals surface area (Å²) < 4.78 is 29.0. The molecule has 0 aromatic heterocycles. The summed E-state index contributed by atoms with van der Waals surface area (Å²) in [5.41, 5.74) is 0.633. The lowest BCUT2D eigenvalue weighted by atomic mass is 9.75. The molecule has 3 atom stereocenters. The van der Waals surface area contributed by atoms with Crippen LogP contribution < -0.4 is 0 Å². The van der Waals surface area contributed by atoms with Gasteiger partial charge >= 0.3 is 0 Å². The van der Waals surface area contributed by atoms with E-state index in [0.717, 1.165) is 38.3 Å². The van der Waals surface area contributed by atoms with Gasteiger partial charge in [-0.1, -0.05) is 31.4 Å². The van der Waals surface area contributed by atoms with Crippen LogP contribution in [0.5, 0.6) is 0 Å². The van der Waals surface area contributed by atoms with E-state index in [-0.39, 0.29) is 16.8 Å². The number of nitrogens with zero attached hydrogens (tertiary/aromatic N) is 3. The summed E-state index contributed by atoms with van der Waals surface area (Å²) in [4.78, 5) is 17.6. The van der Waals surface area contributed by atoms with Crippen LogP contribution in [0.25, 0.3) is 0 Å². The normalized spacial score (nSPS) is 31.3. The number of hydrogen-bond acceptors (Lipinski definition) is 4. The highest BCUT2D eigenvalue weighted by molar-refractivity contribution is 7.90. The Kier molecular flexibility index (Phi) is 4.45. The number of likely N-dealkylation sites (tertiary alicyclic amines) is 2. The summed E-state index contributed by atoms with van der Waals surface area (Å²) in [5.74, 6) is 2.05. The fraction of sp³-hybridized carbons (Fsp3) is 0.619. The maximum atomic E-state index is 13.4. The first-order chi connectivity index (χ1) is 13.5. The number of rotatable bonds is 1. The maximum absolute atomic E-state index is 13.4. The topological polar surface area (TPSA) is 70.0 Å². The van der Waals surface area contributed by atoms with Crippen LogP contribution in [-0.2, 0) is 14.8 Å². The fourth-order valence-corrected chi connectivity index (χ4v) is 6.80. The van der Waals surface area contributed by atoms with Gasteiger partial charge in [-0.05, 0) is 49.7 Å². The average Bonchev–Trinajstić information content (AvgIpc) is 3.30. The van der Waals surface area contributed by atoms with Gasteiger partial charge in [0.1, 0.15) is 10.9 Å². The number of amides is 1. The molecular formula is C21H27N3O3S. The third-order valence-corrected chi connectivity index (χ3v) is 8.35. The maximum Gasteiger partial charge on any atom is 0.285 e. The van der Waals surface area contributed by atoms with Gasteiger partial charge in [0.05, 0.1) is 0 Å². The molecule has 6 nitrogen and oxygen atoms in total. The van der Waals surface area contributed by atoms with E-state index >= 15 is 0 Å². The Labute approximate surface area is 166 Å². The standard InChI is InChI=1S/C21H27N3O3S/c25-21(23-13-11-15-6-1-2-7-16(15)14-23)18-9-5-12-24(18)20-17-8-3-4-10-19(17)28(26,27)22-20/h3-4,8,10,15-16,18H,1-2,5-7,9,11-14H2/t15-,16+,18+/m0/s1. The number of fused-ring (bicyclic) bond motifs is 2. The van der Waals surface area contributed by atoms with Crippen molar-refractivity contribution in [2.75, 3.05) is 19.6 Å². The highest BCUT2D eigenvalue weighted by atomic mass is 32.2. The average molecular weight is 402 g/mol. The molecule has 5 rings (SSSR count). The Morgan fingerprint density at radius 3 is 2.61 bits per heavy atom. The zero-order valence-corrected chi connectivity index (χ0v) is 16.9. The van der Waals surface area contributed by atoms with Crippen LogP contribution in [-0.4, -0.2) is 55.6 Å². The number of piperidine rings is 1. The summed E-state index contributed by atoms with van der Waals surface area (Å²) in [6.07, 6.45) is 7.93. The minimum absolute atomic E-state index is 0.158. The quantitative estimate of drug-likeness (QED) is 0.725. The Morgan fingerprint density at radius 1 is 0.964 bits per heavy atom. The van der Waals surface area contributed by atoms with E-state index in [2.05, 4.69) is 4.40 Å². The van der Waals surface area contributed by atoms with Gasteiger partial charge in [0.25, 0.3) is 10.0 Å². The molecular weight excluding hydrogens is 374 g/mol. The first-order valence-electron chi connectivity index (χ1n) is 10.5. The van der Waals surface area contributed by atoms with E-state index in [1.807, 2.05) is 15.9 Å². The summed E-state index contributed by atoms with van der Waals surface area (Å²) >= 11 is 0. The third-order valence-electron chi connectivity index (χ3n) is 7.03. The Morgan fingerprint density at radius 2 is 1.75 bits per heavy atom. The molecule has 0 unspecified atom stereocenters. The van der Waals surface area contributed by atoms with Gasteiger partial charge in [0, 0.05) is 25.2 Å². The van der Waals surface area contributed by atoms with Crippen LogP contribution >= 0.6 is 0 Å². The van der Waals surface area contributed by atoms with Gasteiger partial charge in [0.2, 0.25) is 5.91 Å². The van der Waals surface area contributed by atoms with E-state index in [0.29, 0.717) is 23.9 Å². The summed E-state index contributed by atoms with van der Waals surface area (Å²) in [6, 6.07) is 6.65. The van der Waals surface area contributed by atoms with Gasteiger partial charge < -0.3 is 9.80 Å². The van der Waals surface area contributed by atoms with Crippen LogP contribution in [0.1, 0.15) is 50.5 Å². The second-order valence-corrected chi connectivity index (χ2v) is 10.2. The lowest BCUT2D eigenvalue weighted by molar-refractivity contribution is -0.138. The molecule has 0 N–H and O–H groups in total. The highest BCUT2D eigenvalue weighted by Crippen LogP contribution is 2.37. The predicted octanol–water partition coefficient (Wildman–Crippen LogP) is 2.64. The molecule has 0 spiro atoms. The van der Waals surface area contributed by atoms with Crippen LogP contribution in [0.3, 0.4) is 0 Å². The number of carbonyl (C=O) groups is 1. The highest BCUT2D eigenvalue weighted by Gasteiger charge is 2.42. The van der Waals surface area contributed by atoms with E-state index < -0.39 is 10.0 Å². The largest absolute Gasteiger partial charge is 0.343 e. The Balaban J connectivity index is 1.38. The molecule has 28 heavy (non-hydrogen) atoms. The SMILES string of the molecule is O=C([C@H]1CCCN1C1=NS(=O)(=O)c2ccccc21)N1CC[C@@H]2CCCC[C@@H]2C1. The van der Waals surface area contributed by atoms with Gasteiger partial charge in [-0.2, -0.15) is 8.42 Å². The Bertz CT molecular complexity index is 927. The van der Waals surface area contributed by atoms with Crippen molar-refractivity contribution < 1.29 is 13.2 Å². The molecule has 150 valence electrons. The Hall–Kier alpha value is -1.89. The van der Waals surface area contributed by atoms with Crippen LogP contribution in [0, 0.1) is 11.8 Å². The first-order valence-corrected chi connectivity index (χ1v) is 12.0. The van der Waals surface area contributed by atoms with Crippen molar-refractivity contribution in [3.05, 3.63) is 29.8 Å². The molecule has 1 aromatic rings. The number of hydrogen-bond donors (Lipinski definition) is 0. The molecule has 1 amide bonds. The van der Waals surface area contributed by atoms with Crippen LogP contribution in [0.4, 0.5) is 0 Å². The van der Waals surface area contributed by atoms with Gasteiger partial charge in [0.15, 0.2) is 5.84 Å². The van der Waals surface area contributed by atoms with Crippen molar-refractivity contribution in [2.45, 2.75) is 55.9 Å². The second-order valence-electron chi connectivity index (χ2n) is 8.62. The molecule has 1 aliphatic carbocycles. The van der Waals surface area contributed by atoms with E-state index in [4.69, 9.17) is 0 Å². The van der Waals surface area contributed by atoms with Gasteiger partial charge in [-0.25, -0.2) is 0 Å². The van der Waals surface area contributed by atoms with Crippen molar-refractivity contribution in [2.24, 2.45) is 16.2 Å². The molecule has 1 aromatic carbocycles. The number of carbonyl (C=O) groups excluding carboxylic acids is 1. The predicted molar refractivity (Wildman–Crippen MR) is 107 cm³/mol. The van der Waals surface area contributed by atoms with E-state index in [1.165, 1.54) is 25.7 Å². The van der Waals surface area contributed by atoms with Crippen molar-refractivity contribution in [1.82, 2.24) is 9.80 Å². The molecule has 0 bridgehead atoms. The first kappa shape index (κ1) is 18.2. The van der Waals surface area contributed by atoms with Crippen LogP contribution in [0.15, 0.2) is 33.6 Å². The fourth-order valence-electron chi connectivity index (χ4n) is 5.58. The molecule has 4 aliphatic rings. The van der Waals surface area contributed by atoms with Crippen molar-refractivity contribution in [3.63, 3.8) is 0 Å². The molecule has 3 heterocycles. The van der Waals surface area contributed by atoms with Crippen LogP contribution in [0.2, 0.25) is 0 Å². The monoisotopic (exact) mass is 401 g/mol. The lowest BCUT2D eigenvalue weighted by Crippen LogP contribution is -2.52. The lowest BCUT2D eigenvalue weighted by Gasteiger charge is -2.42. The van der Waals surface area contributed by atoms with Crippen molar-refractivity contribution in [1.29, 1.82) is 0 Å². The minimum atomic E-state index is -3.66. The number of amidine groups is 1. The second kappa shape index (κ2) is 6.87. The minimum Gasteiger partial charge on any atom is -0.343 e. The summed E-state index contributed by atoms with van der Waals surface area (Å²) in [6.45, 7) is 2.39. The molecule has 0 radical (unpaired) electrons. The van der Waals surface area contributed by atoms with E-state index in [1.54, 1.807) is 18.2 Å². The smallest absolute Gasteiger partial charge is 0.285 e. The van der Waals surface area contributed by atoms with Gasteiger partial charge in [-0.3, -0.25) is 4.79 Å². The van der Waals surface area contributed by atoms with Gasteiger partial charge in [-0.15, -0.1) is 4.40 Å². The summed E-state index contributed by atoms with van der Waals surface area (Å²) in [5, 5.41) is 0. The molecule has 1 saturated carbocycles. The molecule has 3 aliphatic heterocycles. The molecule has 2 saturated heterocycles. The third kappa shape index (κ3) is 2.95. The van der Waals surface area contributed by atoms with Crippen molar-refractivity contribution >= 4 is 21.8 Å². The number of benzene rings is 1. The number of sulfonamides is 1. The zero-order valence-electron chi connectivity index (χ0n) is 16.1. The molecule has 7 heteroatoms. The summed E-state index contributed by atoms with van der Waals surface area (Å²) in [7, 11) is -3.66. The zero-order chi connectivity index (χ0) is 19.3. The molecule has 3 fully saturated rings. The van der Waals surface area contributed by atoms with E-state index in [9.17, 15) is 13.2 Å².